The van der Waals surface area contributed by atoms with E-state index in [0.29, 0.717) is 18.0 Å². The number of hydrogen-bond acceptors (Lipinski definition) is 2. The average Bonchev–Trinajstić information content (AvgIpc) is 2.75. The van der Waals surface area contributed by atoms with Crippen LogP contribution in [-0.4, -0.2) is 25.3 Å². The van der Waals surface area contributed by atoms with Crippen LogP contribution in [0.5, 0.6) is 0 Å². The molecule has 0 bridgehead atoms. The summed E-state index contributed by atoms with van der Waals surface area (Å²) in [6.07, 6.45) is 3.38. The summed E-state index contributed by atoms with van der Waals surface area (Å²) in [6, 6.07) is 8.13. The van der Waals surface area contributed by atoms with Crippen LogP contribution in [0.25, 0.3) is 0 Å². The summed E-state index contributed by atoms with van der Waals surface area (Å²) >= 11 is 0. The topological polar surface area (TPSA) is 21.3 Å². The minimum Gasteiger partial charge on any atom is -0.380 e. The van der Waals surface area contributed by atoms with E-state index in [-0.39, 0.29) is 5.82 Å². The van der Waals surface area contributed by atoms with Crippen molar-refractivity contribution in [3.63, 3.8) is 0 Å². The first-order valence-corrected chi connectivity index (χ1v) is 6.40. The first kappa shape index (κ1) is 11.2. The van der Waals surface area contributed by atoms with E-state index in [0.717, 1.165) is 38.0 Å². The highest BCUT2D eigenvalue weighted by Crippen LogP contribution is 2.37. The van der Waals surface area contributed by atoms with Crippen LogP contribution >= 0.6 is 0 Å². The first-order chi connectivity index (χ1) is 8.31. The summed E-state index contributed by atoms with van der Waals surface area (Å²) in [5, 5.41) is 3.61. The number of ether oxygens (including phenoxy) is 1. The van der Waals surface area contributed by atoms with Gasteiger partial charge >= 0.3 is 0 Å². The summed E-state index contributed by atoms with van der Waals surface area (Å²) in [5.41, 5.74) is 1.14. The van der Waals surface area contributed by atoms with Gasteiger partial charge in [0, 0.05) is 18.7 Å². The third-order valence-electron chi connectivity index (χ3n) is 3.86. The van der Waals surface area contributed by atoms with Gasteiger partial charge in [0.25, 0.3) is 0 Å². The molecule has 1 aliphatic carbocycles. The predicted octanol–water partition coefficient (Wildman–Crippen LogP) is 2.45. The van der Waals surface area contributed by atoms with E-state index in [1.54, 1.807) is 12.1 Å². The van der Waals surface area contributed by atoms with Gasteiger partial charge in [0.15, 0.2) is 0 Å². The van der Waals surface area contributed by atoms with Crippen molar-refractivity contribution in [3.8, 4) is 0 Å². The molecule has 2 fully saturated rings. The Morgan fingerprint density at radius 1 is 1.24 bits per heavy atom. The van der Waals surface area contributed by atoms with Gasteiger partial charge in [-0.2, -0.15) is 0 Å². The second-order valence-corrected chi connectivity index (χ2v) is 5.15. The summed E-state index contributed by atoms with van der Waals surface area (Å²) < 4.78 is 18.4. The Kier molecular flexibility index (Phi) is 3.12. The molecule has 0 amide bonds. The fourth-order valence-corrected chi connectivity index (χ4v) is 2.79. The highest BCUT2D eigenvalue weighted by molar-refractivity contribution is 5.23. The summed E-state index contributed by atoms with van der Waals surface area (Å²) in [6.45, 7) is 1.73. The molecule has 92 valence electrons. The maximum Gasteiger partial charge on any atom is 0.123 e. The van der Waals surface area contributed by atoms with Crippen molar-refractivity contribution in [1.29, 1.82) is 0 Å². The van der Waals surface area contributed by atoms with E-state index in [9.17, 15) is 4.39 Å². The number of rotatable bonds is 3. The van der Waals surface area contributed by atoms with E-state index in [2.05, 4.69) is 5.32 Å². The Balaban J connectivity index is 1.50. The highest BCUT2D eigenvalue weighted by Gasteiger charge is 2.32. The smallest absolute Gasteiger partial charge is 0.123 e. The minimum absolute atomic E-state index is 0.122. The molecule has 1 aromatic carbocycles. The second kappa shape index (κ2) is 4.75. The third kappa shape index (κ3) is 2.50. The zero-order valence-electron chi connectivity index (χ0n) is 9.86. The quantitative estimate of drug-likeness (QED) is 0.869. The van der Waals surface area contributed by atoms with Crippen molar-refractivity contribution in [2.24, 2.45) is 0 Å². The number of nitrogens with one attached hydrogen (secondary N) is 1. The van der Waals surface area contributed by atoms with E-state index in [1.165, 1.54) is 6.07 Å². The van der Waals surface area contributed by atoms with Crippen molar-refractivity contribution in [2.45, 2.75) is 37.3 Å². The largest absolute Gasteiger partial charge is 0.380 e. The summed E-state index contributed by atoms with van der Waals surface area (Å²) in [5.74, 6) is 0.411. The standard InChI is InChI=1S/C14H18FNO/c15-12-3-1-2-10(6-12)11-7-14(8-11)16-13-4-5-17-9-13/h1-3,6,11,13-14,16H,4-5,7-9H2. The molecule has 1 heterocycles. The maximum absolute atomic E-state index is 13.1. The Bertz CT molecular complexity index is 384. The molecule has 0 radical (unpaired) electrons. The minimum atomic E-state index is -0.122. The van der Waals surface area contributed by atoms with Gasteiger partial charge in [-0.25, -0.2) is 4.39 Å². The molecule has 0 spiro atoms. The lowest BCUT2D eigenvalue weighted by Crippen LogP contribution is -2.45. The lowest BCUT2D eigenvalue weighted by Gasteiger charge is -2.38. The van der Waals surface area contributed by atoms with Crippen LogP contribution in [0, 0.1) is 5.82 Å². The molecule has 1 saturated heterocycles. The lowest BCUT2D eigenvalue weighted by molar-refractivity contribution is 0.180. The third-order valence-corrected chi connectivity index (χ3v) is 3.86. The monoisotopic (exact) mass is 235 g/mol. The lowest BCUT2D eigenvalue weighted by atomic mass is 9.75. The van der Waals surface area contributed by atoms with Gasteiger partial charge in [-0.1, -0.05) is 12.1 Å². The molecule has 2 nitrogen and oxygen atoms in total. The molecule has 1 atom stereocenters. The van der Waals surface area contributed by atoms with Gasteiger partial charge < -0.3 is 10.1 Å². The summed E-state index contributed by atoms with van der Waals surface area (Å²) in [7, 11) is 0. The van der Waals surface area contributed by atoms with Crippen LogP contribution in [0.3, 0.4) is 0 Å². The van der Waals surface area contributed by atoms with Gasteiger partial charge in [0.2, 0.25) is 0 Å². The molecule has 1 unspecified atom stereocenters. The van der Waals surface area contributed by atoms with Crippen LogP contribution in [0.1, 0.15) is 30.7 Å². The van der Waals surface area contributed by atoms with E-state index >= 15 is 0 Å². The van der Waals surface area contributed by atoms with Gasteiger partial charge in [-0.05, 0) is 42.9 Å². The molecule has 3 heteroatoms. The average molecular weight is 235 g/mol. The molecular formula is C14H18FNO. The molecule has 2 aliphatic rings. The van der Waals surface area contributed by atoms with Crippen LogP contribution in [-0.2, 0) is 4.74 Å². The van der Waals surface area contributed by atoms with Crippen molar-refractivity contribution >= 4 is 0 Å². The highest BCUT2D eigenvalue weighted by atomic mass is 19.1. The van der Waals surface area contributed by atoms with Crippen molar-refractivity contribution in [2.75, 3.05) is 13.2 Å². The molecule has 17 heavy (non-hydrogen) atoms. The normalized spacial score (nSPS) is 32.4. The van der Waals surface area contributed by atoms with Gasteiger partial charge in [0.05, 0.1) is 6.61 Å². The molecular weight excluding hydrogens is 217 g/mol. The van der Waals surface area contributed by atoms with Crippen LogP contribution in [0.2, 0.25) is 0 Å². The molecule has 0 aromatic heterocycles. The Hall–Kier alpha value is -0.930. The summed E-state index contributed by atoms with van der Waals surface area (Å²) in [4.78, 5) is 0. The van der Waals surface area contributed by atoms with Crippen LogP contribution in [0.4, 0.5) is 4.39 Å². The van der Waals surface area contributed by atoms with Crippen molar-refractivity contribution < 1.29 is 9.13 Å². The molecule has 1 aliphatic heterocycles. The Morgan fingerprint density at radius 3 is 2.82 bits per heavy atom. The van der Waals surface area contributed by atoms with Gasteiger partial charge in [-0.3, -0.25) is 0 Å². The van der Waals surface area contributed by atoms with E-state index in [1.807, 2.05) is 6.07 Å². The molecule has 1 aromatic rings. The van der Waals surface area contributed by atoms with Crippen molar-refractivity contribution in [1.82, 2.24) is 5.32 Å². The fourth-order valence-electron chi connectivity index (χ4n) is 2.79. The number of benzene rings is 1. The molecule has 1 N–H and O–H groups in total. The zero-order valence-corrected chi connectivity index (χ0v) is 9.86. The van der Waals surface area contributed by atoms with Gasteiger partial charge in [0.1, 0.15) is 5.82 Å². The first-order valence-electron chi connectivity index (χ1n) is 6.40. The van der Waals surface area contributed by atoms with E-state index < -0.39 is 0 Å². The number of halogens is 1. The molecule has 3 rings (SSSR count). The second-order valence-electron chi connectivity index (χ2n) is 5.15. The van der Waals surface area contributed by atoms with Crippen molar-refractivity contribution in [3.05, 3.63) is 35.6 Å². The van der Waals surface area contributed by atoms with E-state index in [4.69, 9.17) is 4.74 Å². The number of hydrogen-bond donors (Lipinski definition) is 1. The zero-order chi connectivity index (χ0) is 11.7. The SMILES string of the molecule is Fc1cccc(C2CC(NC3CCOC3)C2)c1. The van der Waals surface area contributed by atoms with Crippen LogP contribution in [0.15, 0.2) is 24.3 Å². The Labute approximate surface area is 101 Å². The van der Waals surface area contributed by atoms with Crippen LogP contribution < -0.4 is 5.32 Å². The fraction of sp³-hybridized carbons (Fsp3) is 0.571. The predicted molar refractivity (Wildman–Crippen MR) is 64.5 cm³/mol. The molecule has 1 saturated carbocycles. The van der Waals surface area contributed by atoms with Gasteiger partial charge in [-0.15, -0.1) is 0 Å². The maximum atomic E-state index is 13.1. The Morgan fingerprint density at radius 2 is 2.12 bits per heavy atom.